The number of aromatic amines is 1. The minimum absolute atomic E-state index is 0.120. The Morgan fingerprint density at radius 1 is 1.25 bits per heavy atom. The number of amides is 3. The van der Waals surface area contributed by atoms with Gasteiger partial charge in [0.1, 0.15) is 6.04 Å². The summed E-state index contributed by atoms with van der Waals surface area (Å²) in [6.45, 7) is 2.33. The number of nitrogens with zero attached hydrogens (tertiary/aromatic N) is 2. The number of primary amides is 1. The van der Waals surface area contributed by atoms with E-state index in [-0.39, 0.29) is 24.8 Å². The summed E-state index contributed by atoms with van der Waals surface area (Å²) in [4.78, 5) is 42.1. The molecule has 24 heavy (non-hydrogen) atoms. The molecule has 1 aliphatic rings. The van der Waals surface area contributed by atoms with E-state index in [1.165, 1.54) is 11.8 Å². The molecule has 3 amide bonds. The number of hydrogen-bond donors (Lipinski definition) is 2. The maximum absolute atomic E-state index is 12.7. The molecule has 2 aromatic rings. The largest absolute Gasteiger partial charge is 0.368 e. The highest BCUT2D eigenvalue weighted by Gasteiger charge is 2.34. The topological polar surface area (TPSA) is 99.5 Å². The summed E-state index contributed by atoms with van der Waals surface area (Å²) < 4.78 is 0. The lowest BCUT2D eigenvalue weighted by molar-refractivity contribution is -0.146. The van der Waals surface area contributed by atoms with E-state index < -0.39 is 11.9 Å². The van der Waals surface area contributed by atoms with Crippen molar-refractivity contribution in [1.82, 2.24) is 14.8 Å². The lowest BCUT2D eigenvalue weighted by Gasteiger charge is -2.39. The first-order valence-corrected chi connectivity index (χ1v) is 7.86. The standard InChI is InChI=1S/C17H20N4O3/c1-11(22)20-6-7-21(15(10-20)17(18)24)16(23)8-12-9-19-14-5-3-2-4-13(12)14/h2-5,9,15,19H,6-8,10H2,1H3,(H2,18,24)/t15-/m1/s1. The normalized spacial score (nSPS) is 18.0. The third-order valence-electron chi connectivity index (χ3n) is 4.49. The number of carbonyl (C=O) groups is 3. The molecule has 7 nitrogen and oxygen atoms in total. The predicted octanol–water partition coefficient (Wildman–Crippen LogP) is 0.255. The quantitative estimate of drug-likeness (QED) is 0.845. The number of nitrogens with one attached hydrogen (secondary N) is 1. The Bertz CT molecular complexity index is 798. The molecule has 7 heteroatoms. The van der Waals surface area contributed by atoms with Gasteiger partial charge in [0.15, 0.2) is 0 Å². The molecule has 126 valence electrons. The summed E-state index contributed by atoms with van der Waals surface area (Å²) in [5.74, 6) is -0.870. The molecule has 1 fully saturated rings. The van der Waals surface area contributed by atoms with Crippen LogP contribution in [0.3, 0.4) is 0 Å². The predicted molar refractivity (Wildman–Crippen MR) is 89.0 cm³/mol. The molecule has 0 saturated carbocycles. The second-order valence-corrected chi connectivity index (χ2v) is 6.01. The van der Waals surface area contributed by atoms with Crippen LogP contribution in [0.1, 0.15) is 12.5 Å². The van der Waals surface area contributed by atoms with E-state index in [4.69, 9.17) is 5.73 Å². The first kappa shape index (κ1) is 16.0. The Morgan fingerprint density at radius 2 is 2.00 bits per heavy atom. The molecule has 0 bridgehead atoms. The molecule has 1 aliphatic heterocycles. The van der Waals surface area contributed by atoms with Crippen LogP contribution >= 0.6 is 0 Å². The Hall–Kier alpha value is -2.83. The van der Waals surface area contributed by atoms with Crippen LogP contribution in [0.25, 0.3) is 10.9 Å². The van der Waals surface area contributed by atoms with Gasteiger partial charge in [-0.1, -0.05) is 18.2 Å². The Kier molecular flexibility index (Phi) is 4.24. The molecular weight excluding hydrogens is 308 g/mol. The van der Waals surface area contributed by atoms with Crippen molar-refractivity contribution < 1.29 is 14.4 Å². The third kappa shape index (κ3) is 2.97. The number of para-hydroxylation sites is 1. The van der Waals surface area contributed by atoms with Gasteiger partial charge >= 0.3 is 0 Å². The summed E-state index contributed by atoms with van der Waals surface area (Å²) in [5, 5.41) is 0.990. The van der Waals surface area contributed by atoms with E-state index in [0.717, 1.165) is 16.5 Å². The number of rotatable bonds is 3. The van der Waals surface area contributed by atoms with Crippen LogP contribution in [0.4, 0.5) is 0 Å². The zero-order chi connectivity index (χ0) is 17.3. The fourth-order valence-electron chi connectivity index (χ4n) is 3.15. The monoisotopic (exact) mass is 328 g/mol. The molecule has 0 spiro atoms. The first-order chi connectivity index (χ1) is 11.5. The molecule has 3 rings (SSSR count). The lowest BCUT2D eigenvalue weighted by atomic mass is 10.1. The average Bonchev–Trinajstić information content (AvgIpc) is 2.97. The second kappa shape index (κ2) is 6.35. The number of benzene rings is 1. The summed E-state index contributed by atoms with van der Waals surface area (Å²) in [7, 11) is 0. The van der Waals surface area contributed by atoms with Gasteiger partial charge in [0.2, 0.25) is 17.7 Å². The van der Waals surface area contributed by atoms with E-state index in [9.17, 15) is 14.4 Å². The maximum Gasteiger partial charge on any atom is 0.242 e. The summed E-state index contributed by atoms with van der Waals surface area (Å²) in [6.07, 6.45) is 2.00. The molecule has 2 heterocycles. The van der Waals surface area contributed by atoms with Crippen molar-refractivity contribution in [2.24, 2.45) is 5.73 Å². The van der Waals surface area contributed by atoms with Crippen LogP contribution in [-0.2, 0) is 20.8 Å². The van der Waals surface area contributed by atoms with Gasteiger partial charge in [-0.25, -0.2) is 0 Å². The van der Waals surface area contributed by atoms with E-state index in [1.807, 2.05) is 30.5 Å². The van der Waals surface area contributed by atoms with Crippen LogP contribution < -0.4 is 5.73 Å². The number of H-pyrrole nitrogens is 1. The van der Waals surface area contributed by atoms with Crippen LogP contribution in [0.2, 0.25) is 0 Å². The van der Waals surface area contributed by atoms with Gasteiger partial charge in [-0.15, -0.1) is 0 Å². The lowest BCUT2D eigenvalue weighted by Crippen LogP contribution is -2.60. The Labute approximate surface area is 139 Å². The van der Waals surface area contributed by atoms with Gasteiger partial charge < -0.3 is 20.5 Å². The fraction of sp³-hybridized carbons (Fsp3) is 0.353. The van der Waals surface area contributed by atoms with Gasteiger partial charge in [0.25, 0.3) is 0 Å². The second-order valence-electron chi connectivity index (χ2n) is 6.01. The first-order valence-electron chi connectivity index (χ1n) is 7.86. The van der Waals surface area contributed by atoms with Gasteiger partial charge in [-0.05, 0) is 11.6 Å². The molecule has 1 aromatic carbocycles. The van der Waals surface area contributed by atoms with Crippen molar-refractivity contribution in [3.63, 3.8) is 0 Å². The number of hydrogen-bond acceptors (Lipinski definition) is 3. The molecule has 0 unspecified atom stereocenters. The molecule has 1 aromatic heterocycles. The molecule has 3 N–H and O–H groups in total. The van der Waals surface area contributed by atoms with Crippen molar-refractivity contribution in [2.75, 3.05) is 19.6 Å². The summed E-state index contributed by atoms with van der Waals surface area (Å²) in [5.41, 5.74) is 7.29. The summed E-state index contributed by atoms with van der Waals surface area (Å²) >= 11 is 0. The number of carbonyl (C=O) groups excluding carboxylic acids is 3. The summed E-state index contributed by atoms with van der Waals surface area (Å²) in [6, 6.07) is 6.96. The van der Waals surface area contributed by atoms with Crippen LogP contribution in [0, 0.1) is 0 Å². The zero-order valence-corrected chi connectivity index (χ0v) is 13.5. The van der Waals surface area contributed by atoms with E-state index in [2.05, 4.69) is 4.98 Å². The minimum atomic E-state index is -0.777. The molecular formula is C17H20N4O3. The number of piperazine rings is 1. The smallest absolute Gasteiger partial charge is 0.242 e. The van der Waals surface area contributed by atoms with E-state index in [1.54, 1.807) is 4.90 Å². The highest BCUT2D eigenvalue weighted by Crippen LogP contribution is 2.20. The maximum atomic E-state index is 12.7. The SMILES string of the molecule is CC(=O)N1CCN(C(=O)Cc2c[nH]c3ccccc23)[C@@H](C(N)=O)C1. The van der Waals surface area contributed by atoms with Gasteiger partial charge in [0, 0.05) is 37.1 Å². The fourth-order valence-corrected chi connectivity index (χ4v) is 3.15. The Balaban J connectivity index is 1.78. The van der Waals surface area contributed by atoms with E-state index in [0.29, 0.717) is 13.1 Å². The van der Waals surface area contributed by atoms with Gasteiger partial charge in [0.05, 0.1) is 13.0 Å². The molecule has 1 atom stereocenters. The van der Waals surface area contributed by atoms with Crippen molar-refractivity contribution in [3.8, 4) is 0 Å². The van der Waals surface area contributed by atoms with E-state index >= 15 is 0 Å². The molecule has 1 saturated heterocycles. The molecule has 0 radical (unpaired) electrons. The molecule has 0 aliphatic carbocycles. The number of aromatic nitrogens is 1. The Morgan fingerprint density at radius 3 is 2.71 bits per heavy atom. The number of fused-ring (bicyclic) bond motifs is 1. The zero-order valence-electron chi connectivity index (χ0n) is 13.5. The average molecular weight is 328 g/mol. The number of nitrogens with two attached hydrogens (primary N) is 1. The third-order valence-corrected chi connectivity index (χ3v) is 4.49. The van der Waals surface area contributed by atoms with Crippen LogP contribution in [-0.4, -0.2) is 58.2 Å². The van der Waals surface area contributed by atoms with Crippen LogP contribution in [0.15, 0.2) is 30.5 Å². The highest BCUT2D eigenvalue weighted by molar-refractivity contribution is 5.92. The van der Waals surface area contributed by atoms with Crippen molar-refractivity contribution in [3.05, 3.63) is 36.0 Å². The highest BCUT2D eigenvalue weighted by atomic mass is 16.2. The van der Waals surface area contributed by atoms with Gasteiger partial charge in [-0.2, -0.15) is 0 Å². The van der Waals surface area contributed by atoms with Crippen molar-refractivity contribution in [2.45, 2.75) is 19.4 Å². The van der Waals surface area contributed by atoms with Crippen molar-refractivity contribution >= 4 is 28.6 Å². The van der Waals surface area contributed by atoms with Gasteiger partial charge in [-0.3, -0.25) is 14.4 Å². The minimum Gasteiger partial charge on any atom is -0.368 e. The van der Waals surface area contributed by atoms with Crippen molar-refractivity contribution in [1.29, 1.82) is 0 Å². The van der Waals surface area contributed by atoms with Crippen LogP contribution in [0.5, 0.6) is 0 Å².